The second kappa shape index (κ2) is 15.2. The van der Waals surface area contributed by atoms with E-state index >= 15 is 0 Å². The third-order valence-electron chi connectivity index (χ3n) is 6.21. The van der Waals surface area contributed by atoms with E-state index in [-0.39, 0.29) is 11.7 Å². The molecule has 37 heavy (non-hydrogen) atoms. The first-order chi connectivity index (χ1) is 17.7. The van der Waals surface area contributed by atoms with Gasteiger partial charge in [-0.3, -0.25) is 9.59 Å². The van der Waals surface area contributed by atoms with Crippen LogP contribution in [0.25, 0.3) is 0 Å². The van der Waals surface area contributed by atoms with E-state index < -0.39 is 0 Å². The number of carbonyl (C=O) groups excluding carboxylic acids is 2. The van der Waals surface area contributed by atoms with Gasteiger partial charge >= 0.3 is 0 Å². The summed E-state index contributed by atoms with van der Waals surface area (Å²) in [5, 5.41) is 0. The SMILES string of the molecule is C=CCc1cccc(Oc2ccc(C(=O)CC)cc2)c1OCCC[N+](C)(C)CC(=O)N(CCC)CCC. The van der Waals surface area contributed by atoms with Crippen LogP contribution in [0.15, 0.2) is 55.1 Å². The Labute approximate surface area is 223 Å². The van der Waals surface area contributed by atoms with Gasteiger partial charge in [0.25, 0.3) is 5.91 Å². The Bertz CT molecular complexity index is 1010. The molecule has 0 heterocycles. The highest BCUT2D eigenvalue weighted by Crippen LogP contribution is 2.35. The van der Waals surface area contributed by atoms with Crippen LogP contribution in [-0.4, -0.2) is 68.0 Å². The monoisotopic (exact) mass is 509 g/mol. The number of hydrogen-bond acceptors (Lipinski definition) is 4. The van der Waals surface area contributed by atoms with Gasteiger partial charge in [-0.25, -0.2) is 0 Å². The number of Topliss-reactive ketones (excluding diaryl/α,β-unsaturated/α-hetero) is 1. The van der Waals surface area contributed by atoms with Crippen molar-refractivity contribution in [3.05, 3.63) is 66.2 Å². The maximum Gasteiger partial charge on any atom is 0.277 e. The lowest BCUT2D eigenvalue weighted by Crippen LogP contribution is -2.49. The molecule has 2 rings (SSSR count). The smallest absolute Gasteiger partial charge is 0.277 e. The van der Waals surface area contributed by atoms with E-state index in [1.807, 2.05) is 48.2 Å². The van der Waals surface area contributed by atoms with Crippen molar-refractivity contribution in [1.29, 1.82) is 0 Å². The zero-order valence-electron chi connectivity index (χ0n) is 23.4. The van der Waals surface area contributed by atoms with Gasteiger partial charge in [0.2, 0.25) is 0 Å². The van der Waals surface area contributed by atoms with Crippen LogP contribution < -0.4 is 9.47 Å². The minimum atomic E-state index is 0.106. The second-order valence-corrected chi connectivity index (χ2v) is 10.0. The lowest BCUT2D eigenvalue weighted by molar-refractivity contribution is -0.882. The van der Waals surface area contributed by atoms with Crippen LogP contribution in [0.1, 0.15) is 62.4 Å². The lowest BCUT2D eigenvalue weighted by atomic mass is 10.1. The first-order valence-corrected chi connectivity index (χ1v) is 13.5. The molecular formula is C31H45N2O4+. The van der Waals surface area contributed by atoms with Gasteiger partial charge in [-0.1, -0.05) is 39.0 Å². The molecule has 0 aromatic heterocycles. The molecule has 0 aliphatic carbocycles. The number of benzene rings is 2. The van der Waals surface area contributed by atoms with Gasteiger partial charge in [-0.05, 0) is 49.6 Å². The molecule has 0 atom stereocenters. The number of allylic oxidation sites excluding steroid dienone is 1. The summed E-state index contributed by atoms with van der Waals surface area (Å²) in [5.41, 5.74) is 1.68. The summed E-state index contributed by atoms with van der Waals surface area (Å²) in [5.74, 6) is 2.30. The Morgan fingerprint density at radius 3 is 2.27 bits per heavy atom. The number of ether oxygens (including phenoxy) is 2. The maximum absolute atomic E-state index is 12.8. The number of para-hydroxylation sites is 1. The quantitative estimate of drug-likeness (QED) is 0.109. The number of rotatable bonds is 17. The molecule has 0 saturated carbocycles. The van der Waals surface area contributed by atoms with Gasteiger partial charge < -0.3 is 18.9 Å². The van der Waals surface area contributed by atoms with Gasteiger partial charge in [0.1, 0.15) is 5.75 Å². The minimum Gasteiger partial charge on any atom is -0.489 e. The summed E-state index contributed by atoms with van der Waals surface area (Å²) in [4.78, 5) is 26.7. The van der Waals surface area contributed by atoms with Gasteiger partial charge in [-0.15, -0.1) is 6.58 Å². The molecule has 2 aromatic rings. The number of quaternary nitrogens is 1. The number of ketones is 1. The van der Waals surface area contributed by atoms with Crippen LogP contribution in [0.2, 0.25) is 0 Å². The normalized spacial score (nSPS) is 11.2. The van der Waals surface area contributed by atoms with Crippen LogP contribution >= 0.6 is 0 Å². The van der Waals surface area contributed by atoms with Crippen LogP contribution in [0.3, 0.4) is 0 Å². The fraction of sp³-hybridized carbons (Fsp3) is 0.484. The predicted octanol–water partition coefficient (Wildman–Crippen LogP) is 6.29. The molecule has 0 radical (unpaired) electrons. The Hall–Kier alpha value is -3.12. The third kappa shape index (κ3) is 9.69. The van der Waals surface area contributed by atoms with Gasteiger partial charge in [0.15, 0.2) is 23.8 Å². The van der Waals surface area contributed by atoms with E-state index in [9.17, 15) is 9.59 Å². The molecule has 0 saturated heterocycles. The summed E-state index contributed by atoms with van der Waals surface area (Å²) < 4.78 is 13.0. The standard InChI is InChI=1S/C31H45N2O4/c1-7-13-26-14-11-15-29(37-27-18-16-25(17-19-27)28(34)10-4)31(26)36-23-12-22-33(5,6)24-30(35)32(20-8-2)21-9-3/h7,11,14-19H,1,8-10,12-13,20-24H2,2-6H3/q+1. The van der Waals surface area contributed by atoms with E-state index in [1.165, 1.54) is 0 Å². The largest absolute Gasteiger partial charge is 0.489 e. The summed E-state index contributed by atoms with van der Waals surface area (Å²) in [7, 11) is 4.20. The summed E-state index contributed by atoms with van der Waals surface area (Å²) in [6.07, 6.45) is 5.74. The van der Waals surface area contributed by atoms with E-state index in [0.717, 1.165) is 44.5 Å². The molecule has 1 amide bonds. The van der Waals surface area contributed by atoms with Crippen molar-refractivity contribution in [1.82, 2.24) is 4.90 Å². The van der Waals surface area contributed by atoms with Crippen molar-refractivity contribution >= 4 is 11.7 Å². The molecule has 0 spiro atoms. The number of nitrogens with zero attached hydrogens (tertiary/aromatic N) is 2. The number of carbonyl (C=O) groups is 2. The summed E-state index contributed by atoms with van der Waals surface area (Å²) in [6, 6.07) is 13.1. The number of hydrogen-bond donors (Lipinski definition) is 0. The van der Waals surface area contributed by atoms with E-state index in [4.69, 9.17) is 9.47 Å². The molecule has 0 unspecified atom stereocenters. The molecule has 0 aliphatic heterocycles. The van der Waals surface area contributed by atoms with Gasteiger partial charge in [-0.2, -0.15) is 0 Å². The molecule has 2 aromatic carbocycles. The maximum atomic E-state index is 12.8. The highest BCUT2D eigenvalue weighted by molar-refractivity contribution is 5.95. The van der Waals surface area contributed by atoms with Crippen molar-refractivity contribution in [3.8, 4) is 17.2 Å². The Morgan fingerprint density at radius 2 is 1.68 bits per heavy atom. The zero-order chi connectivity index (χ0) is 27.3. The topological polar surface area (TPSA) is 55.8 Å². The molecule has 6 heteroatoms. The highest BCUT2D eigenvalue weighted by atomic mass is 16.5. The lowest BCUT2D eigenvalue weighted by Gasteiger charge is -2.32. The van der Waals surface area contributed by atoms with Crippen molar-refractivity contribution in [3.63, 3.8) is 0 Å². The summed E-state index contributed by atoms with van der Waals surface area (Å²) >= 11 is 0. The molecule has 202 valence electrons. The minimum absolute atomic E-state index is 0.106. The van der Waals surface area contributed by atoms with Crippen LogP contribution in [0, 0.1) is 0 Å². The molecular weight excluding hydrogens is 464 g/mol. The Kier molecular flexibility index (Phi) is 12.4. The second-order valence-electron chi connectivity index (χ2n) is 10.0. The highest BCUT2D eigenvalue weighted by Gasteiger charge is 2.23. The third-order valence-corrected chi connectivity index (χ3v) is 6.21. The molecule has 0 fully saturated rings. The van der Waals surface area contributed by atoms with Crippen LogP contribution in [-0.2, 0) is 11.2 Å². The van der Waals surface area contributed by atoms with Crippen LogP contribution in [0.4, 0.5) is 0 Å². The molecule has 0 aliphatic rings. The fourth-order valence-electron chi connectivity index (χ4n) is 4.27. The average molecular weight is 510 g/mol. The van der Waals surface area contributed by atoms with Gasteiger partial charge in [0.05, 0.1) is 27.2 Å². The number of amides is 1. The van der Waals surface area contributed by atoms with Crippen LogP contribution in [0.5, 0.6) is 17.2 Å². The van der Waals surface area contributed by atoms with E-state index in [0.29, 0.717) is 53.3 Å². The average Bonchev–Trinajstić information content (AvgIpc) is 2.87. The zero-order valence-corrected chi connectivity index (χ0v) is 23.4. The van der Waals surface area contributed by atoms with Gasteiger partial charge in [0, 0.05) is 37.1 Å². The van der Waals surface area contributed by atoms with Crippen molar-refractivity contribution in [2.45, 2.75) is 52.9 Å². The molecule has 0 bridgehead atoms. The van der Waals surface area contributed by atoms with Crippen molar-refractivity contribution in [2.24, 2.45) is 0 Å². The fourth-order valence-corrected chi connectivity index (χ4v) is 4.27. The predicted molar refractivity (Wildman–Crippen MR) is 151 cm³/mol. The van der Waals surface area contributed by atoms with E-state index in [2.05, 4.69) is 34.5 Å². The Balaban J connectivity index is 2.04. The number of likely N-dealkylation sites (N-methyl/N-ethyl adjacent to an activating group) is 1. The summed E-state index contributed by atoms with van der Waals surface area (Å²) in [6.45, 7) is 13.4. The van der Waals surface area contributed by atoms with E-state index in [1.54, 1.807) is 12.1 Å². The Morgan fingerprint density at radius 1 is 1.00 bits per heavy atom. The van der Waals surface area contributed by atoms with Crippen molar-refractivity contribution < 1.29 is 23.5 Å². The van der Waals surface area contributed by atoms with Crippen molar-refractivity contribution in [2.75, 3.05) is 46.9 Å². The first-order valence-electron chi connectivity index (χ1n) is 13.5. The first kappa shape index (κ1) is 30.1. The molecule has 0 N–H and O–H groups in total. The molecule has 6 nitrogen and oxygen atoms in total.